The Morgan fingerprint density at radius 3 is 2.77 bits per heavy atom. The molecule has 0 aromatic heterocycles. The number of aromatic hydroxyl groups is 2. The van der Waals surface area contributed by atoms with Gasteiger partial charge in [-0.25, -0.2) is 0 Å². The molecule has 4 atom stereocenters. The van der Waals surface area contributed by atoms with Crippen LogP contribution >= 0.6 is 11.8 Å². The molecule has 2 bridgehead atoms. The first kappa shape index (κ1) is 19.5. The lowest BCUT2D eigenvalue weighted by Crippen LogP contribution is -2.46. The number of carbonyl (C=O) groups excluding carboxylic acids is 1. The van der Waals surface area contributed by atoms with Crippen molar-refractivity contribution in [1.82, 2.24) is 4.90 Å². The van der Waals surface area contributed by atoms with Crippen LogP contribution in [0.3, 0.4) is 0 Å². The summed E-state index contributed by atoms with van der Waals surface area (Å²) in [5.74, 6) is 0.128. The van der Waals surface area contributed by atoms with E-state index < -0.39 is 5.41 Å². The smallest absolute Gasteiger partial charge is 0.197 e. The number of aryl methyl sites for hydroxylation is 1. The summed E-state index contributed by atoms with van der Waals surface area (Å²) >= 11 is 1.77. The van der Waals surface area contributed by atoms with Gasteiger partial charge in [-0.3, -0.25) is 4.79 Å². The van der Waals surface area contributed by atoms with E-state index in [0.29, 0.717) is 12.3 Å². The van der Waals surface area contributed by atoms with Gasteiger partial charge in [0.15, 0.2) is 23.0 Å². The highest BCUT2D eigenvalue weighted by atomic mass is 32.2. The van der Waals surface area contributed by atoms with Crippen molar-refractivity contribution in [3.63, 3.8) is 0 Å². The van der Waals surface area contributed by atoms with E-state index in [2.05, 4.69) is 43.1 Å². The zero-order chi connectivity index (χ0) is 21.2. The summed E-state index contributed by atoms with van der Waals surface area (Å²) in [6, 6.07) is 12.0. The Morgan fingerprint density at radius 1 is 1.23 bits per heavy atom. The number of allylic oxidation sites excluding steroid dienone is 1. The van der Waals surface area contributed by atoms with Crippen molar-refractivity contribution in [2.24, 2.45) is 5.92 Å². The topological polar surface area (TPSA) is 70.0 Å². The Kier molecular flexibility index (Phi) is 4.42. The third kappa shape index (κ3) is 2.63. The maximum Gasteiger partial charge on any atom is 0.197 e. The molecule has 0 spiro atoms. The van der Waals surface area contributed by atoms with E-state index in [1.54, 1.807) is 17.8 Å². The van der Waals surface area contributed by atoms with E-state index in [-0.39, 0.29) is 40.9 Å². The number of Topliss-reactive ketones (excluding diaryl/α,β-unsaturated/α-hetero) is 1. The second-order valence-electron chi connectivity index (χ2n) is 8.68. The fourth-order valence-electron chi connectivity index (χ4n) is 5.76. The highest BCUT2D eigenvalue weighted by Gasteiger charge is 2.62. The summed E-state index contributed by atoms with van der Waals surface area (Å²) in [6.07, 6.45) is 2.22. The van der Waals surface area contributed by atoms with Crippen molar-refractivity contribution in [2.75, 3.05) is 20.7 Å². The number of rotatable bonds is 3. The van der Waals surface area contributed by atoms with Crippen LogP contribution in [0.5, 0.6) is 11.5 Å². The number of thioether (sulfide) groups is 1. The molecule has 0 radical (unpaired) electrons. The molecule has 0 unspecified atom stereocenters. The van der Waals surface area contributed by atoms with Crippen molar-refractivity contribution in [3.05, 3.63) is 64.9 Å². The summed E-state index contributed by atoms with van der Waals surface area (Å²) in [5, 5.41) is 21.4. The van der Waals surface area contributed by atoms with Gasteiger partial charge in [-0.1, -0.05) is 23.8 Å². The fourth-order valence-corrected chi connectivity index (χ4v) is 7.31. The first-order valence-corrected chi connectivity index (χ1v) is 11.0. The number of nitrogens with zero attached hydrogens (tertiary/aromatic N) is 1. The van der Waals surface area contributed by atoms with Crippen molar-refractivity contribution in [3.8, 4) is 11.5 Å². The number of likely N-dealkylation sites (N-methyl/N-ethyl adjacent to an activating group) is 1. The van der Waals surface area contributed by atoms with Crippen LogP contribution in [0.1, 0.15) is 28.4 Å². The summed E-state index contributed by atoms with van der Waals surface area (Å²) < 4.78 is 5.39. The molecule has 3 aliphatic rings. The number of ether oxygens (including phenoxy) is 1. The SMILES string of the molecule is COC1=C[C@@H]2[C@@H]3[C@H](Sc4cccc(C)c4)c4ccc(O)c(O)c4[C@@]2(CC1=O)CN3C. The number of hydrogen-bond donors (Lipinski definition) is 2. The number of ketones is 1. The van der Waals surface area contributed by atoms with E-state index >= 15 is 0 Å². The monoisotopic (exact) mass is 423 g/mol. The van der Waals surface area contributed by atoms with Gasteiger partial charge in [0.1, 0.15) is 0 Å². The van der Waals surface area contributed by atoms with Crippen molar-refractivity contribution in [1.29, 1.82) is 0 Å². The molecule has 1 aliphatic heterocycles. The van der Waals surface area contributed by atoms with Crippen LogP contribution in [0, 0.1) is 12.8 Å². The molecule has 0 saturated carbocycles. The predicted octanol–water partition coefficient (Wildman–Crippen LogP) is 3.92. The highest BCUT2D eigenvalue weighted by Crippen LogP contribution is 2.63. The van der Waals surface area contributed by atoms with E-state index in [1.807, 2.05) is 12.1 Å². The zero-order valence-corrected chi connectivity index (χ0v) is 18.1. The van der Waals surface area contributed by atoms with Crippen LogP contribution in [0.4, 0.5) is 0 Å². The maximum absolute atomic E-state index is 12.8. The molecule has 2 N–H and O–H groups in total. The minimum Gasteiger partial charge on any atom is -0.504 e. The lowest BCUT2D eigenvalue weighted by molar-refractivity contribution is -0.120. The van der Waals surface area contributed by atoms with Crippen LogP contribution in [0.2, 0.25) is 0 Å². The molecule has 5 nitrogen and oxygen atoms in total. The summed E-state index contributed by atoms with van der Waals surface area (Å²) in [6.45, 7) is 2.73. The van der Waals surface area contributed by atoms with Gasteiger partial charge in [-0.2, -0.15) is 0 Å². The van der Waals surface area contributed by atoms with Gasteiger partial charge in [-0.15, -0.1) is 11.8 Å². The van der Waals surface area contributed by atoms with Crippen LogP contribution in [0.15, 0.2) is 53.1 Å². The van der Waals surface area contributed by atoms with Gasteiger partial charge in [0.05, 0.1) is 12.4 Å². The number of hydrogen-bond acceptors (Lipinski definition) is 6. The number of phenolic OH excluding ortho intramolecular Hbond substituents is 2. The first-order chi connectivity index (χ1) is 14.4. The van der Waals surface area contributed by atoms with E-state index in [0.717, 1.165) is 16.0 Å². The molecule has 0 amide bonds. The molecule has 2 aliphatic carbocycles. The number of fused-ring (bicyclic) bond motifs is 1. The lowest BCUT2D eigenvalue weighted by Gasteiger charge is -2.46. The van der Waals surface area contributed by atoms with E-state index in [9.17, 15) is 15.0 Å². The van der Waals surface area contributed by atoms with Gasteiger partial charge >= 0.3 is 0 Å². The molecular weight excluding hydrogens is 398 g/mol. The maximum atomic E-state index is 12.8. The normalized spacial score (nSPS) is 29.9. The van der Waals surface area contributed by atoms with Crippen molar-refractivity contribution < 1.29 is 19.7 Å². The van der Waals surface area contributed by atoms with Gasteiger partial charge in [0.2, 0.25) is 0 Å². The van der Waals surface area contributed by atoms with Crippen LogP contribution < -0.4 is 0 Å². The average Bonchev–Trinajstić information content (AvgIpc) is 2.93. The van der Waals surface area contributed by atoms with Gasteiger partial charge < -0.3 is 19.8 Å². The largest absolute Gasteiger partial charge is 0.504 e. The number of likely N-dealkylation sites (tertiary alicyclic amines) is 1. The van der Waals surface area contributed by atoms with Gasteiger partial charge in [0, 0.05) is 40.8 Å². The fraction of sp³-hybridized carbons (Fsp3) is 0.375. The molecule has 30 heavy (non-hydrogen) atoms. The molecule has 2 aromatic rings. The molecule has 156 valence electrons. The highest BCUT2D eigenvalue weighted by molar-refractivity contribution is 7.99. The van der Waals surface area contributed by atoms with E-state index in [1.165, 1.54) is 12.7 Å². The van der Waals surface area contributed by atoms with E-state index in [4.69, 9.17) is 4.74 Å². The third-order valence-electron chi connectivity index (χ3n) is 6.90. The molecule has 1 saturated heterocycles. The molecular formula is C24H25NO4S. The minimum atomic E-state index is -0.555. The van der Waals surface area contributed by atoms with Crippen molar-refractivity contribution in [2.45, 2.75) is 34.9 Å². The van der Waals surface area contributed by atoms with Crippen molar-refractivity contribution >= 4 is 17.5 Å². The number of carbonyl (C=O) groups is 1. The van der Waals surface area contributed by atoms with Gasteiger partial charge in [0.25, 0.3) is 0 Å². The third-order valence-corrected chi connectivity index (χ3v) is 8.22. The number of methoxy groups -OCH3 is 1. The zero-order valence-electron chi connectivity index (χ0n) is 17.3. The standard InChI is InChI=1S/C24H25NO4S/c1-13-5-4-6-14(9-13)30-23-15-7-8-17(26)22(28)20(15)24-11-18(27)19(29-3)10-16(24)21(23)25(2)12-24/h4-10,16,21,23,26,28H,11-12H2,1-3H3/t16-,21-,23-,24+/m1/s1. The summed E-state index contributed by atoms with van der Waals surface area (Å²) in [4.78, 5) is 16.3. The first-order valence-electron chi connectivity index (χ1n) is 10.1. The second-order valence-corrected chi connectivity index (χ2v) is 9.89. The quantitative estimate of drug-likeness (QED) is 0.729. The average molecular weight is 424 g/mol. The number of benzene rings is 2. The molecule has 6 heteroatoms. The molecule has 2 aromatic carbocycles. The predicted molar refractivity (Wildman–Crippen MR) is 116 cm³/mol. The Bertz CT molecular complexity index is 1080. The second kappa shape index (κ2) is 6.79. The van der Waals surface area contributed by atoms with Gasteiger partial charge in [-0.05, 0) is 43.8 Å². The molecule has 5 rings (SSSR count). The Hall–Kier alpha value is -2.44. The Morgan fingerprint density at radius 2 is 2.03 bits per heavy atom. The van der Waals surface area contributed by atoms with Crippen LogP contribution in [-0.4, -0.2) is 47.6 Å². The summed E-state index contributed by atoms with van der Waals surface area (Å²) in [5.41, 5.74) is 2.37. The Balaban J connectivity index is 1.73. The van der Waals surface area contributed by atoms with Crippen LogP contribution in [0.25, 0.3) is 0 Å². The molecule has 1 heterocycles. The minimum absolute atomic E-state index is 0.0117. The summed E-state index contributed by atoms with van der Waals surface area (Å²) in [7, 11) is 3.62. The molecule has 1 fully saturated rings. The van der Waals surface area contributed by atoms with Crippen LogP contribution in [-0.2, 0) is 14.9 Å². The number of phenols is 2. The Labute approximate surface area is 180 Å². The lowest BCUT2D eigenvalue weighted by atomic mass is 9.59.